The first kappa shape index (κ1) is 23.3. The van der Waals surface area contributed by atoms with Crippen LogP contribution in [0.4, 0.5) is 16.2 Å². The molecule has 2 aromatic carbocycles. The van der Waals surface area contributed by atoms with Gasteiger partial charge in [-0.15, -0.1) is 0 Å². The monoisotopic (exact) mass is 411 g/mol. The van der Waals surface area contributed by atoms with Gasteiger partial charge in [-0.25, -0.2) is 4.79 Å². The van der Waals surface area contributed by atoms with Crippen molar-refractivity contribution < 1.29 is 14.3 Å². The van der Waals surface area contributed by atoms with Gasteiger partial charge in [-0.3, -0.25) is 4.79 Å². The number of rotatable bonds is 7. The number of nitrogens with one attached hydrogen (secondary N) is 3. The molecule has 0 aliphatic rings. The fraction of sp³-hybridized carbons (Fsp3) is 0.417. The van der Waals surface area contributed by atoms with Crippen LogP contribution in [0.3, 0.4) is 0 Å². The largest absolute Gasteiger partial charge is 0.444 e. The summed E-state index contributed by atoms with van der Waals surface area (Å²) in [4.78, 5) is 25.2. The van der Waals surface area contributed by atoms with Gasteiger partial charge in [0.1, 0.15) is 11.6 Å². The first-order chi connectivity index (χ1) is 14.0. The van der Waals surface area contributed by atoms with E-state index in [0.717, 1.165) is 16.8 Å². The second-order valence-electron chi connectivity index (χ2n) is 8.75. The molecule has 2 aromatic rings. The smallest absolute Gasteiger partial charge is 0.408 e. The molecule has 1 atom stereocenters. The minimum Gasteiger partial charge on any atom is -0.444 e. The van der Waals surface area contributed by atoms with E-state index in [1.165, 1.54) is 0 Å². The van der Waals surface area contributed by atoms with Crippen LogP contribution in [0, 0.1) is 12.8 Å². The van der Waals surface area contributed by atoms with Crippen molar-refractivity contribution in [3.8, 4) is 0 Å². The molecule has 0 fully saturated rings. The van der Waals surface area contributed by atoms with Crippen molar-refractivity contribution in [3.05, 3.63) is 59.7 Å². The lowest BCUT2D eigenvalue weighted by Crippen LogP contribution is -2.48. The van der Waals surface area contributed by atoms with Crippen molar-refractivity contribution in [1.82, 2.24) is 5.32 Å². The predicted molar refractivity (Wildman–Crippen MR) is 122 cm³/mol. The topological polar surface area (TPSA) is 79.5 Å². The molecule has 6 heteroatoms. The highest BCUT2D eigenvalue weighted by atomic mass is 16.6. The maximum Gasteiger partial charge on any atom is 0.408 e. The normalized spacial score (nSPS) is 12.2. The number of carbonyl (C=O) groups excluding carboxylic acids is 2. The summed E-state index contributed by atoms with van der Waals surface area (Å²) in [6, 6.07) is 15.2. The number of anilines is 2. The van der Waals surface area contributed by atoms with Gasteiger partial charge in [0, 0.05) is 6.54 Å². The standard InChI is InChI=1S/C24H33N3O3/c1-16(2)21(27-23(29)30-24(4,5)6)22(28)26-20-14-17(3)12-13-19(20)25-15-18-10-8-7-9-11-18/h7-14,16,21,25H,15H2,1-6H3,(H,26,28)(H,27,29)/t21-/m1/s1. The molecule has 0 aliphatic carbocycles. The summed E-state index contributed by atoms with van der Waals surface area (Å²) in [5.74, 6) is -0.396. The Labute approximate surface area is 179 Å². The fourth-order valence-electron chi connectivity index (χ4n) is 2.89. The molecule has 0 bridgehead atoms. The van der Waals surface area contributed by atoms with Crippen LogP contribution in [-0.2, 0) is 16.1 Å². The summed E-state index contributed by atoms with van der Waals surface area (Å²) < 4.78 is 5.31. The van der Waals surface area contributed by atoms with Gasteiger partial charge >= 0.3 is 6.09 Å². The molecular weight excluding hydrogens is 378 g/mol. The Balaban J connectivity index is 2.12. The molecule has 30 heavy (non-hydrogen) atoms. The molecule has 0 saturated carbocycles. The van der Waals surface area contributed by atoms with Crippen LogP contribution in [0.15, 0.2) is 48.5 Å². The van der Waals surface area contributed by atoms with Crippen molar-refractivity contribution in [3.63, 3.8) is 0 Å². The van der Waals surface area contributed by atoms with Crippen LogP contribution in [0.1, 0.15) is 45.7 Å². The average Bonchev–Trinajstić information content (AvgIpc) is 2.64. The number of aryl methyl sites for hydroxylation is 1. The minimum atomic E-state index is -0.720. The highest BCUT2D eigenvalue weighted by Crippen LogP contribution is 2.24. The molecular formula is C24H33N3O3. The number of benzene rings is 2. The Morgan fingerprint density at radius 2 is 1.67 bits per heavy atom. The second kappa shape index (κ2) is 10.1. The zero-order valence-electron chi connectivity index (χ0n) is 18.7. The third-order valence-electron chi connectivity index (χ3n) is 4.38. The minimum absolute atomic E-state index is 0.108. The zero-order chi connectivity index (χ0) is 22.3. The number of hydrogen-bond donors (Lipinski definition) is 3. The molecule has 0 spiro atoms. The summed E-state index contributed by atoms with van der Waals surface area (Å²) in [6.45, 7) is 11.7. The summed E-state index contributed by atoms with van der Waals surface area (Å²) in [7, 11) is 0. The van der Waals surface area contributed by atoms with Crippen molar-refractivity contribution in [2.24, 2.45) is 5.92 Å². The molecule has 0 heterocycles. The molecule has 0 aromatic heterocycles. The van der Waals surface area contributed by atoms with E-state index >= 15 is 0 Å². The van der Waals surface area contributed by atoms with Gasteiger partial charge in [0.2, 0.25) is 5.91 Å². The van der Waals surface area contributed by atoms with E-state index < -0.39 is 17.7 Å². The molecule has 0 radical (unpaired) electrons. The quantitative estimate of drug-likeness (QED) is 0.593. The Hall–Kier alpha value is -3.02. The molecule has 0 unspecified atom stereocenters. The third-order valence-corrected chi connectivity index (χ3v) is 4.38. The second-order valence-corrected chi connectivity index (χ2v) is 8.75. The number of carbonyl (C=O) groups is 2. The summed E-state index contributed by atoms with van der Waals surface area (Å²) in [6.07, 6.45) is -0.608. The van der Waals surface area contributed by atoms with E-state index in [1.54, 1.807) is 20.8 Å². The number of hydrogen-bond acceptors (Lipinski definition) is 4. The van der Waals surface area contributed by atoms with E-state index in [4.69, 9.17) is 4.74 Å². The molecule has 162 valence electrons. The van der Waals surface area contributed by atoms with Crippen LogP contribution in [-0.4, -0.2) is 23.6 Å². The summed E-state index contributed by atoms with van der Waals surface area (Å²) in [5, 5.41) is 9.03. The first-order valence-electron chi connectivity index (χ1n) is 10.2. The van der Waals surface area contributed by atoms with E-state index in [-0.39, 0.29) is 11.8 Å². The lowest BCUT2D eigenvalue weighted by Gasteiger charge is -2.25. The lowest BCUT2D eigenvalue weighted by atomic mass is 10.0. The van der Waals surface area contributed by atoms with Crippen LogP contribution >= 0.6 is 0 Å². The van der Waals surface area contributed by atoms with Crippen LogP contribution in [0.5, 0.6) is 0 Å². The number of ether oxygens (including phenoxy) is 1. The lowest BCUT2D eigenvalue weighted by molar-refractivity contribution is -0.119. The van der Waals surface area contributed by atoms with Crippen LogP contribution < -0.4 is 16.0 Å². The molecule has 0 saturated heterocycles. The van der Waals surface area contributed by atoms with Gasteiger partial charge in [0.05, 0.1) is 11.4 Å². The maximum absolute atomic E-state index is 13.0. The van der Waals surface area contributed by atoms with Crippen molar-refractivity contribution in [2.45, 2.75) is 59.7 Å². The fourth-order valence-corrected chi connectivity index (χ4v) is 2.89. The van der Waals surface area contributed by atoms with Gasteiger partial charge in [-0.05, 0) is 56.9 Å². The van der Waals surface area contributed by atoms with Crippen molar-refractivity contribution in [1.29, 1.82) is 0 Å². The SMILES string of the molecule is Cc1ccc(NCc2ccccc2)c(NC(=O)[C@H](NC(=O)OC(C)(C)C)C(C)C)c1. The van der Waals surface area contributed by atoms with E-state index in [2.05, 4.69) is 16.0 Å². The number of amides is 2. The molecule has 0 aliphatic heterocycles. The van der Waals surface area contributed by atoms with E-state index in [1.807, 2.05) is 69.3 Å². The van der Waals surface area contributed by atoms with Crippen LogP contribution in [0.25, 0.3) is 0 Å². The van der Waals surface area contributed by atoms with Crippen molar-refractivity contribution >= 4 is 23.4 Å². The van der Waals surface area contributed by atoms with Crippen LogP contribution in [0.2, 0.25) is 0 Å². The Morgan fingerprint density at radius 3 is 2.27 bits per heavy atom. The summed E-state index contributed by atoms with van der Waals surface area (Å²) >= 11 is 0. The first-order valence-corrected chi connectivity index (χ1v) is 10.2. The highest BCUT2D eigenvalue weighted by Gasteiger charge is 2.27. The highest BCUT2D eigenvalue weighted by molar-refractivity contribution is 5.99. The van der Waals surface area contributed by atoms with Crippen molar-refractivity contribution in [2.75, 3.05) is 10.6 Å². The molecule has 3 N–H and O–H groups in total. The Kier molecular flexibility index (Phi) is 7.86. The van der Waals surface area contributed by atoms with Gasteiger partial charge in [-0.1, -0.05) is 50.2 Å². The van der Waals surface area contributed by atoms with Gasteiger partial charge < -0.3 is 20.7 Å². The third kappa shape index (κ3) is 7.43. The molecule has 2 rings (SSSR count). The Morgan fingerprint density at radius 1 is 1.00 bits per heavy atom. The predicted octanol–water partition coefficient (Wildman–Crippen LogP) is 5.09. The number of alkyl carbamates (subject to hydrolysis) is 1. The van der Waals surface area contributed by atoms with Gasteiger partial charge in [0.25, 0.3) is 0 Å². The molecule has 2 amide bonds. The average molecular weight is 412 g/mol. The summed E-state index contributed by atoms with van der Waals surface area (Å²) in [5.41, 5.74) is 3.02. The Bertz CT molecular complexity index is 858. The molecule has 6 nitrogen and oxygen atoms in total. The zero-order valence-corrected chi connectivity index (χ0v) is 18.7. The van der Waals surface area contributed by atoms with Gasteiger partial charge in [0.15, 0.2) is 0 Å². The van der Waals surface area contributed by atoms with E-state index in [9.17, 15) is 9.59 Å². The maximum atomic E-state index is 13.0. The van der Waals surface area contributed by atoms with Gasteiger partial charge in [-0.2, -0.15) is 0 Å². The van der Waals surface area contributed by atoms with E-state index in [0.29, 0.717) is 12.2 Å².